The molecule has 0 aromatic heterocycles. The van der Waals surface area contributed by atoms with Crippen molar-refractivity contribution in [2.75, 3.05) is 19.6 Å². The topological polar surface area (TPSA) is 155 Å². The van der Waals surface area contributed by atoms with Crippen LogP contribution in [0.15, 0.2) is 15.8 Å². The van der Waals surface area contributed by atoms with Crippen molar-refractivity contribution in [3.8, 4) is 0 Å². The number of hydrogen-bond acceptors (Lipinski definition) is 8. The number of hydrogen-bond donors (Lipinski definition) is 5. The smallest absolute Gasteiger partial charge is 0.353 e. The molecule has 5 N–H and O–H groups in total. The number of aliphatic hydroxyl groups is 1. The number of oxime groups is 1. The molecule has 0 aromatic rings. The Bertz CT molecular complexity index is 902. The molecule has 4 rings (SSSR count). The summed E-state index contributed by atoms with van der Waals surface area (Å²) in [6.45, 7) is 5.48. The molecule has 4 aliphatic rings. The summed E-state index contributed by atoms with van der Waals surface area (Å²) in [5.41, 5.74) is 0.0271. The first kappa shape index (κ1) is 24.8. The summed E-state index contributed by atoms with van der Waals surface area (Å²) < 4.78 is 0. The Balaban J connectivity index is 1.36. The summed E-state index contributed by atoms with van der Waals surface area (Å²) in [6, 6.07) is -0.627. The van der Waals surface area contributed by atoms with Crippen LogP contribution in [0.5, 0.6) is 0 Å². The van der Waals surface area contributed by atoms with Crippen LogP contribution in [0.4, 0.5) is 4.79 Å². The number of nitrogens with one attached hydrogen (secondary N) is 2. The fourth-order valence-electron chi connectivity index (χ4n) is 5.54. The van der Waals surface area contributed by atoms with Gasteiger partial charge < -0.3 is 30.5 Å². The van der Waals surface area contributed by atoms with Gasteiger partial charge in [-0.1, -0.05) is 12.1 Å². The van der Waals surface area contributed by atoms with Crippen molar-refractivity contribution < 1.29 is 29.8 Å². The number of rotatable bonds is 6. The fourth-order valence-corrected chi connectivity index (χ4v) is 7.05. The van der Waals surface area contributed by atoms with Crippen LogP contribution in [-0.2, 0) is 9.59 Å². The highest BCUT2D eigenvalue weighted by Crippen LogP contribution is 2.51. The SMILES string of the molecule is C[C@@H](O)[C@@H]1C(=O)N2C(C(=O)O)=C(S[C@@H]3CN[C@H](C/C(=N/O)NC(=O)N4CCCCC4)C3)[C@H](C)[C@H]12. The van der Waals surface area contributed by atoms with Gasteiger partial charge in [0.05, 0.1) is 18.1 Å². The Morgan fingerprint density at radius 2 is 2.00 bits per heavy atom. The lowest BCUT2D eigenvalue weighted by Gasteiger charge is -2.46. The summed E-state index contributed by atoms with van der Waals surface area (Å²) in [4.78, 5) is 40.6. The maximum Gasteiger partial charge on any atom is 0.353 e. The predicted molar refractivity (Wildman–Crippen MR) is 125 cm³/mol. The molecule has 0 spiro atoms. The van der Waals surface area contributed by atoms with Gasteiger partial charge in [0.1, 0.15) is 5.70 Å². The standard InChI is InChI=1S/C22H33N5O6S/c1-11-17-16(12(2)28)20(29)27(17)18(21(30)31)19(11)34-14-8-13(23-10-14)9-15(25-33)24-22(32)26-6-4-3-5-7-26/h11-14,16-17,23,28,33H,3-10H2,1-2H3,(H,30,31)(H,24,25,32)/t11-,12-,13+,14+,16+,17-/m1/s1. The Morgan fingerprint density at radius 3 is 2.62 bits per heavy atom. The number of nitrogens with zero attached hydrogens (tertiary/aromatic N) is 3. The molecule has 0 radical (unpaired) electrons. The number of aliphatic hydroxyl groups excluding tert-OH is 1. The van der Waals surface area contributed by atoms with Crippen molar-refractivity contribution in [2.45, 2.75) is 69.4 Å². The number of amides is 3. The molecule has 4 aliphatic heterocycles. The number of thioether (sulfide) groups is 1. The number of urea groups is 1. The van der Waals surface area contributed by atoms with Gasteiger partial charge in [0.2, 0.25) is 5.91 Å². The van der Waals surface area contributed by atoms with E-state index >= 15 is 0 Å². The van der Waals surface area contributed by atoms with Gasteiger partial charge in [-0.2, -0.15) is 0 Å². The number of aliphatic carboxylic acids is 1. The molecule has 188 valence electrons. The number of amidine groups is 1. The molecule has 0 aromatic carbocycles. The molecule has 12 heteroatoms. The highest BCUT2D eigenvalue weighted by molar-refractivity contribution is 8.03. The lowest BCUT2D eigenvalue weighted by molar-refractivity contribution is -0.163. The van der Waals surface area contributed by atoms with Gasteiger partial charge in [0, 0.05) is 48.2 Å². The molecule has 0 saturated carbocycles. The summed E-state index contributed by atoms with van der Waals surface area (Å²) in [6.07, 6.45) is 3.24. The minimum Gasteiger partial charge on any atom is -0.477 e. The van der Waals surface area contributed by atoms with Crippen LogP contribution in [0.2, 0.25) is 0 Å². The summed E-state index contributed by atoms with van der Waals surface area (Å²) in [7, 11) is 0. The average Bonchev–Trinajstić information content (AvgIpc) is 3.34. The van der Waals surface area contributed by atoms with Crippen LogP contribution in [0, 0.1) is 11.8 Å². The Labute approximate surface area is 202 Å². The van der Waals surface area contributed by atoms with Gasteiger partial charge in [0.25, 0.3) is 0 Å². The van der Waals surface area contributed by atoms with E-state index in [-0.39, 0.29) is 46.7 Å². The van der Waals surface area contributed by atoms with E-state index in [1.807, 2.05) is 6.92 Å². The second-order valence-electron chi connectivity index (χ2n) is 9.58. The highest BCUT2D eigenvalue weighted by Gasteiger charge is 2.60. The molecular weight excluding hydrogens is 462 g/mol. The van der Waals surface area contributed by atoms with E-state index in [4.69, 9.17) is 0 Å². The van der Waals surface area contributed by atoms with Crippen molar-refractivity contribution >= 4 is 35.5 Å². The quantitative estimate of drug-likeness (QED) is 0.120. The Kier molecular flexibility index (Phi) is 7.39. The minimum atomic E-state index is -1.13. The van der Waals surface area contributed by atoms with Crippen molar-refractivity contribution in [3.05, 3.63) is 10.6 Å². The zero-order valence-electron chi connectivity index (χ0n) is 19.4. The van der Waals surface area contributed by atoms with Crippen LogP contribution in [0.1, 0.15) is 46.0 Å². The number of carbonyl (C=O) groups excluding carboxylic acids is 2. The van der Waals surface area contributed by atoms with Crippen molar-refractivity contribution in [1.82, 2.24) is 20.4 Å². The number of carboxylic acids is 1. The summed E-state index contributed by atoms with van der Waals surface area (Å²) in [5, 5.41) is 38.6. The molecule has 3 fully saturated rings. The number of fused-ring (bicyclic) bond motifs is 1. The van der Waals surface area contributed by atoms with Crippen molar-refractivity contribution in [3.63, 3.8) is 0 Å². The number of likely N-dealkylation sites (tertiary alicyclic amines) is 1. The molecular formula is C22H33N5O6S. The van der Waals surface area contributed by atoms with Gasteiger partial charge in [-0.25, -0.2) is 9.59 Å². The van der Waals surface area contributed by atoms with Crippen LogP contribution >= 0.6 is 11.8 Å². The number of piperidine rings is 1. The van der Waals surface area contributed by atoms with E-state index in [2.05, 4.69) is 15.8 Å². The lowest BCUT2D eigenvalue weighted by Crippen LogP contribution is -2.63. The number of carboxylic acid groups (broad SMARTS) is 1. The maximum atomic E-state index is 12.5. The largest absolute Gasteiger partial charge is 0.477 e. The van der Waals surface area contributed by atoms with Gasteiger partial charge in [-0.15, -0.1) is 11.8 Å². The molecule has 34 heavy (non-hydrogen) atoms. The minimum absolute atomic E-state index is 0.0271. The lowest BCUT2D eigenvalue weighted by atomic mass is 9.79. The van der Waals surface area contributed by atoms with Crippen LogP contribution in [0.25, 0.3) is 0 Å². The second-order valence-corrected chi connectivity index (χ2v) is 10.9. The summed E-state index contributed by atoms with van der Waals surface area (Å²) >= 11 is 1.46. The van der Waals surface area contributed by atoms with Gasteiger partial charge in [-0.3, -0.25) is 10.1 Å². The van der Waals surface area contributed by atoms with Crippen LogP contribution in [-0.4, -0.2) is 92.0 Å². The predicted octanol–water partition coefficient (Wildman–Crippen LogP) is 0.977. The van der Waals surface area contributed by atoms with E-state index in [1.165, 1.54) is 16.7 Å². The molecule has 0 unspecified atom stereocenters. The van der Waals surface area contributed by atoms with E-state index in [1.54, 1.807) is 11.8 Å². The first-order valence-corrected chi connectivity index (χ1v) is 12.8. The monoisotopic (exact) mass is 495 g/mol. The van der Waals surface area contributed by atoms with E-state index in [9.17, 15) is 29.8 Å². The molecule has 6 atom stereocenters. The number of β-lactam (4-membered cyclic amide) rings is 1. The van der Waals surface area contributed by atoms with Crippen LogP contribution < -0.4 is 10.6 Å². The first-order valence-electron chi connectivity index (χ1n) is 11.9. The van der Waals surface area contributed by atoms with Gasteiger partial charge in [-0.05, 0) is 32.6 Å². The van der Waals surface area contributed by atoms with Crippen molar-refractivity contribution in [2.24, 2.45) is 17.0 Å². The van der Waals surface area contributed by atoms with Gasteiger partial charge >= 0.3 is 12.0 Å². The second kappa shape index (κ2) is 10.1. The third kappa shape index (κ3) is 4.63. The van der Waals surface area contributed by atoms with E-state index in [0.717, 1.165) is 19.3 Å². The third-order valence-corrected chi connectivity index (χ3v) is 8.75. The van der Waals surface area contributed by atoms with Crippen molar-refractivity contribution in [1.29, 1.82) is 0 Å². The molecule has 4 heterocycles. The first-order chi connectivity index (χ1) is 16.2. The Hall–Kier alpha value is -2.31. The zero-order valence-corrected chi connectivity index (χ0v) is 20.3. The van der Waals surface area contributed by atoms with E-state index in [0.29, 0.717) is 37.4 Å². The highest BCUT2D eigenvalue weighted by atomic mass is 32.2. The molecule has 11 nitrogen and oxygen atoms in total. The van der Waals surface area contributed by atoms with Crippen LogP contribution in [0.3, 0.4) is 0 Å². The normalized spacial score (nSPS) is 32.5. The molecule has 0 bridgehead atoms. The van der Waals surface area contributed by atoms with Gasteiger partial charge in [0.15, 0.2) is 5.84 Å². The third-order valence-electron chi connectivity index (χ3n) is 7.24. The molecule has 3 saturated heterocycles. The fraction of sp³-hybridized carbons (Fsp3) is 0.727. The van der Waals surface area contributed by atoms with E-state index < -0.39 is 18.0 Å². The summed E-state index contributed by atoms with van der Waals surface area (Å²) in [5.74, 6) is -2.02. The Morgan fingerprint density at radius 1 is 1.29 bits per heavy atom. The average molecular weight is 496 g/mol. The zero-order chi connectivity index (χ0) is 24.6. The molecule has 0 aliphatic carbocycles. The number of carbonyl (C=O) groups is 3. The maximum absolute atomic E-state index is 12.5. The molecule has 3 amide bonds.